The van der Waals surface area contributed by atoms with Crippen LogP contribution in [-0.2, 0) is 33.8 Å². The number of piperidine rings is 1. The highest BCUT2D eigenvalue weighted by Crippen LogP contribution is 2.27. The lowest BCUT2D eigenvalue weighted by atomic mass is 9.98. The number of ether oxygens (including phenoxy) is 3. The maximum atomic E-state index is 13.1. The van der Waals surface area contributed by atoms with E-state index in [1.165, 1.54) is 29.6 Å². The van der Waals surface area contributed by atoms with E-state index in [1.54, 1.807) is 17.9 Å². The van der Waals surface area contributed by atoms with E-state index >= 15 is 0 Å². The molecule has 2 heterocycles. The van der Waals surface area contributed by atoms with Gasteiger partial charge in [-0.15, -0.1) is 0 Å². The smallest absolute Gasteiger partial charge is 0.339 e. The molecule has 1 amide bonds. The molecule has 0 bridgehead atoms. The largest absolute Gasteiger partial charge is 0.465 e. The minimum absolute atomic E-state index is 0.0365. The Labute approximate surface area is 200 Å². The van der Waals surface area contributed by atoms with Crippen molar-refractivity contribution in [3.63, 3.8) is 0 Å². The minimum Gasteiger partial charge on any atom is -0.465 e. The number of carbonyl (C=O) groups is 3. The van der Waals surface area contributed by atoms with Crippen LogP contribution in [0.15, 0.2) is 29.2 Å². The number of carbonyl (C=O) groups excluding carboxylic acids is 3. The van der Waals surface area contributed by atoms with Crippen molar-refractivity contribution in [3.05, 3.63) is 29.8 Å². The van der Waals surface area contributed by atoms with Crippen LogP contribution in [0.25, 0.3) is 0 Å². The maximum Gasteiger partial charge on any atom is 0.339 e. The Morgan fingerprint density at radius 2 is 1.65 bits per heavy atom. The van der Waals surface area contributed by atoms with Crippen molar-refractivity contribution in [2.24, 2.45) is 5.92 Å². The van der Waals surface area contributed by atoms with E-state index in [1.807, 2.05) is 13.8 Å². The molecule has 34 heavy (non-hydrogen) atoms. The summed E-state index contributed by atoms with van der Waals surface area (Å²) in [5, 5.41) is 0. The summed E-state index contributed by atoms with van der Waals surface area (Å²) in [6.07, 6.45) is -0.605. The second-order valence-corrected chi connectivity index (χ2v) is 10.7. The number of nitrogens with zero attached hydrogens (tertiary/aromatic N) is 2. The molecule has 3 rings (SSSR count). The number of methoxy groups -OCH3 is 1. The van der Waals surface area contributed by atoms with Crippen molar-refractivity contribution in [1.29, 1.82) is 0 Å². The maximum absolute atomic E-state index is 13.1. The van der Waals surface area contributed by atoms with Gasteiger partial charge in [-0.25, -0.2) is 13.2 Å². The molecule has 0 N–H and O–H groups in total. The van der Waals surface area contributed by atoms with Crippen molar-refractivity contribution in [2.75, 3.05) is 33.3 Å². The number of benzene rings is 1. The Bertz CT molecular complexity index is 1010. The summed E-state index contributed by atoms with van der Waals surface area (Å²) >= 11 is 0. The number of rotatable bonds is 6. The first-order valence-electron chi connectivity index (χ1n) is 11.4. The number of hydrogen-bond donors (Lipinski definition) is 0. The van der Waals surface area contributed by atoms with Gasteiger partial charge in [0.25, 0.3) is 5.91 Å². The summed E-state index contributed by atoms with van der Waals surface area (Å²) in [5.41, 5.74) is -0.0365. The van der Waals surface area contributed by atoms with Crippen molar-refractivity contribution in [1.82, 2.24) is 9.21 Å². The molecule has 0 spiro atoms. The molecule has 0 saturated carbocycles. The second kappa shape index (κ2) is 10.8. The molecule has 2 saturated heterocycles. The predicted molar refractivity (Wildman–Crippen MR) is 121 cm³/mol. The molecule has 2 aliphatic rings. The molecule has 10 nitrogen and oxygen atoms in total. The molecule has 3 unspecified atom stereocenters. The summed E-state index contributed by atoms with van der Waals surface area (Å²) in [7, 11) is -2.76. The molecule has 3 atom stereocenters. The van der Waals surface area contributed by atoms with E-state index in [0.717, 1.165) is 0 Å². The third-order valence-electron chi connectivity index (χ3n) is 6.07. The lowest BCUT2D eigenvalue weighted by Gasteiger charge is -2.36. The molecule has 2 aliphatic heterocycles. The van der Waals surface area contributed by atoms with Crippen molar-refractivity contribution < 1.29 is 37.0 Å². The first-order valence-corrected chi connectivity index (χ1v) is 12.8. The topological polar surface area (TPSA) is 120 Å². The zero-order chi connectivity index (χ0) is 25.0. The van der Waals surface area contributed by atoms with Gasteiger partial charge < -0.3 is 19.1 Å². The highest BCUT2D eigenvalue weighted by atomic mass is 32.2. The third kappa shape index (κ3) is 5.76. The molecular formula is C23H32N2O8S. The number of esters is 2. The number of hydrogen-bond acceptors (Lipinski definition) is 8. The van der Waals surface area contributed by atoms with Crippen LogP contribution in [0, 0.1) is 5.92 Å². The van der Waals surface area contributed by atoms with E-state index in [9.17, 15) is 22.8 Å². The molecule has 0 aromatic heterocycles. The van der Waals surface area contributed by atoms with Crippen molar-refractivity contribution in [3.8, 4) is 0 Å². The summed E-state index contributed by atoms with van der Waals surface area (Å²) in [5.74, 6) is -2.03. The number of amides is 1. The monoisotopic (exact) mass is 496 g/mol. The lowest BCUT2D eigenvalue weighted by molar-refractivity contribution is -0.167. The van der Waals surface area contributed by atoms with Gasteiger partial charge in [-0.05, 0) is 45.7 Å². The van der Waals surface area contributed by atoms with E-state index in [2.05, 4.69) is 0 Å². The van der Waals surface area contributed by atoms with Gasteiger partial charge in [0.1, 0.15) is 0 Å². The minimum atomic E-state index is -3.95. The Morgan fingerprint density at radius 3 is 2.24 bits per heavy atom. The molecule has 1 aromatic carbocycles. The van der Waals surface area contributed by atoms with Crippen LogP contribution in [0.1, 0.15) is 44.0 Å². The van der Waals surface area contributed by atoms with Crippen LogP contribution >= 0.6 is 0 Å². The molecule has 2 fully saturated rings. The zero-order valence-electron chi connectivity index (χ0n) is 19.9. The van der Waals surface area contributed by atoms with Gasteiger partial charge in [0.2, 0.25) is 10.0 Å². The molecular weight excluding hydrogens is 464 g/mol. The summed E-state index contributed by atoms with van der Waals surface area (Å²) in [6.45, 7) is 6.39. The fourth-order valence-electron chi connectivity index (χ4n) is 4.38. The van der Waals surface area contributed by atoms with Gasteiger partial charge in [-0.2, -0.15) is 4.31 Å². The Balaban J connectivity index is 1.59. The van der Waals surface area contributed by atoms with E-state index in [4.69, 9.17) is 14.2 Å². The van der Waals surface area contributed by atoms with Crippen molar-refractivity contribution >= 4 is 27.9 Å². The predicted octanol–water partition coefficient (Wildman–Crippen LogP) is 1.44. The van der Waals surface area contributed by atoms with Crippen LogP contribution in [0.4, 0.5) is 0 Å². The molecule has 1 aromatic rings. The Morgan fingerprint density at radius 1 is 1.06 bits per heavy atom. The SMILES string of the molecule is COC(=O)c1ccccc1S(=O)(=O)N1CCC(C(=O)OC(C)C(=O)N2CC(C)OC(C)C2)CC1. The van der Waals surface area contributed by atoms with Crippen LogP contribution in [0.2, 0.25) is 0 Å². The highest BCUT2D eigenvalue weighted by molar-refractivity contribution is 7.89. The quantitative estimate of drug-likeness (QED) is 0.543. The average Bonchev–Trinajstić information content (AvgIpc) is 2.82. The Kier molecular flexibility index (Phi) is 8.32. The van der Waals surface area contributed by atoms with E-state index in [-0.39, 0.29) is 54.5 Å². The molecule has 0 radical (unpaired) electrons. The molecule has 0 aliphatic carbocycles. The van der Waals surface area contributed by atoms with E-state index in [0.29, 0.717) is 13.1 Å². The van der Waals surface area contributed by atoms with Crippen LogP contribution in [0.3, 0.4) is 0 Å². The lowest BCUT2D eigenvalue weighted by Crippen LogP contribution is -2.51. The Hall–Kier alpha value is -2.50. The summed E-state index contributed by atoms with van der Waals surface area (Å²) in [6, 6.07) is 5.87. The molecule has 188 valence electrons. The van der Waals surface area contributed by atoms with Gasteiger partial charge in [-0.1, -0.05) is 12.1 Å². The van der Waals surface area contributed by atoms with Gasteiger partial charge in [0.15, 0.2) is 6.10 Å². The van der Waals surface area contributed by atoms with Gasteiger partial charge in [0.05, 0.1) is 35.7 Å². The fraction of sp³-hybridized carbons (Fsp3) is 0.609. The molecule has 11 heteroatoms. The summed E-state index contributed by atoms with van der Waals surface area (Å²) < 4.78 is 43.3. The highest BCUT2D eigenvalue weighted by Gasteiger charge is 2.36. The first kappa shape index (κ1) is 26.1. The van der Waals surface area contributed by atoms with Gasteiger partial charge in [-0.3, -0.25) is 9.59 Å². The fourth-order valence-corrected chi connectivity index (χ4v) is 6.03. The van der Waals surface area contributed by atoms with Crippen LogP contribution in [0.5, 0.6) is 0 Å². The normalized spacial score (nSPS) is 23.2. The van der Waals surface area contributed by atoms with E-state index < -0.39 is 34.0 Å². The van der Waals surface area contributed by atoms with Gasteiger partial charge in [0, 0.05) is 26.2 Å². The average molecular weight is 497 g/mol. The second-order valence-electron chi connectivity index (χ2n) is 8.75. The standard InChI is InChI=1S/C23H32N2O8S/c1-15-13-24(14-16(2)32-15)21(26)17(3)33-22(27)18-9-11-25(12-10-18)34(29,30)20-8-6-5-7-19(20)23(28)31-4/h5-8,15-18H,9-14H2,1-4H3. The zero-order valence-corrected chi connectivity index (χ0v) is 20.7. The summed E-state index contributed by atoms with van der Waals surface area (Å²) in [4.78, 5) is 38.9. The first-order chi connectivity index (χ1) is 16.0. The van der Waals surface area contributed by atoms with Crippen LogP contribution < -0.4 is 0 Å². The number of morpholine rings is 1. The van der Waals surface area contributed by atoms with Crippen molar-refractivity contribution in [2.45, 2.75) is 56.8 Å². The van der Waals surface area contributed by atoms with Gasteiger partial charge >= 0.3 is 11.9 Å². The van der Waals surface area contributed by atoms with Crippen LogP contribution in [-0.4, -0.2) is 87.1 Å². The number of sulfonamides is 1. The third-order valence-corrected chi connectivity index (χ3v) is 8.03.